The minimum Gasteiger partial charge on any atom is -0.400 e. The fraction of sp³-hybridized carbons (Fsp3) is 0.562. The van der Waals surface area contributed by atoms with Crippen molar-refractivity contribution in [2.45, 2.75) is 58.3 Å². The minimum absolute atomic E-state index is 0.133. The van der Waals surface area contributed by atoms with Crippen molar-refractivity contribution in [2.24, 2.45) is 5.73 Å². The molecule has 1 fully saturated rings. The highest BCUT2D eigenvalue weighted by Crippen LogP contribution is 2.36. The van der Waals surface area contributed by atoms with E-state index in [1.54, 1.807) is 0 Å². The number of rotatable bonds is 4. The molecule has 0 aromatic carbocycles. The maximum atomic E-state index is 5.93. The van der Waals surface area contributed by atoms with Crippen LogP contribution in [0, 0.1) is 0 Å². The molecule has 0 bridgehead atoms. The molecule has 2 heterocycles. The molecule has 2 N–H and O–H groups in total. The summed E-state index contributed by atoms with van der Waals surface area (Å²) in [5, 5.41) is 0. The maximum Gasteiger partial charge on any atom is 0.487 e. The fourth-order valence-corrected chi connectivity index (χ4v) is 2.24. The molecule has 21 heavy (non-hydrogen) atoms. The maximum absolute atomic E-state index is 5.93. The smallest absolute Gasteiger partial charge is 0.400 e. The molecular formula is C16H25BN2O2. The SMILES string of the molecule is CC(N)Cc1cncc(/C=C/B2OC(C)(C)C(C)(C)O2)c1. The van der Waals surface area contributed by atoms with Crippen molar-refractivity contribution in [1.29, 1.82) is 0 Å². The van der Waals surface area contributed by atoms with Crippen LogP contribution in [0.5, 0.6) is 0 Å². The van der Waals surface area contributed by atoms with Gasteiger partial charge in [0.2, 0.25) is 0 Å². The van der Waals surface area contributed by atoms with Crippen molar-refractivity contribution in [3.8, 4) is 0 Å². The van der Waals surface area contributed by atoms with Crippen LogP contribution in [0.4, 0.5) is 0 Å². The zero-order chi connectivity index (χ0) is 15.7. The molecule has 1 aromatic rings. The van der Waals surface area contributed by atoms with E-state index in [1.165, 1.54) is 0 Å². The molecule has 1 aliphatic heterocycles. The van der Waals surface area contributed by atoms with E-state index in [4.69, 9.17) is 15.0 Å². The first-order valence-electron chi connectivity index (χ1n) is 7.43. The Kier molecular flexibility index (Phi) is 4.56. The van der Waals surface area contributed by atoms with Crippen LogP contribution in [-0.4, -0.2) is 29.3 Å². The van der Waals surface area contributed by atoms with Gasteiger partial charge in [0.05, 0.1) is 11.2 Å². The summed E-state index contributed by atoms with van der Waals surface area (Å²) < 4.78 is 11.9. The summed E-state index contributed by atoms with van der Waals surface area (Å²) in [6, 6.07) is 2.23. The molecule has 2 rings (SSSR count). The minimum atomic E-state index is -0.327. The van der Waals surface area contributed by atoms with Gasteiger partial charge in [0.15, 0.2) is 0 Å². The molecule has 4 nitrogen and oxygen atoms in total. The highest BCUT2D eigenvalue weighted by atomic mass is 16.7. The first kappa shape index (κ1) is 16.2. The van der Waals surface area contributed by atoms with Crippen molar-refractivity contribution in [1.82, 2.24) is 4.98 Å². The highest BCUT2D eigenvalue weighted by Gasteiger charge is 2.49. The second-order valence-corrected chi connectivity index (χ2v) is 6.79. The Labute approximate surface area is 127 Å². The van der Waals surface area contributed by atoms with Crippen molar-refractivity contribution in [3.05, 3.63) is 35.6 Å². The van der Waals surface area contributed by atoms with Crippen molar-refractivity contribution < 1.29 is 9.31 Å². The molecule has 1 aliphatic rings. The lowest BCUT2D eigenvalue weighted by Gasteiger charge is -2.32. The third-order valence-electron chi connectivity index (χ3n) is 4.09. The molecule has 1 saturated heterocycles. The average Bonchev–Trinajstić information content (AvgIpc) is 2.55. The van der Waals surface area contributed by atoms with Crippen LogP contribution in [0.2, 0.25) is 0 Å². The Morgan fingerprint density at radius 2 is 1.86 bits per heavy atom. The standard InChI is InChI=1S/C16H25BN2O2/c1-12(18)8-14-9-13(10-19-11-14)6-7-17-20-15(2,3)16(4,5)21-17/h6-7,9-12H,8,18H2,1-5H3/b7-6+. The van der Waals surface area contributed by atoms with Crippen LogP contribution in [0.3, 0.4) is 0 Å². The largest absolute Gasteiger partial charge is 0.487 e. The lowest BCUT2D eigenvalue weighted by atomic mass is 9.89. The van der Waals surface area contributed by atoms with Crippen LogP contribution < -0.4 is 5.73 Å². The Morgan fingerprint density at radius 1 is 1.24 bits per heavy atom. The van der Waals surface area contributed by atoms with Crippen molar-refractivity contribution >= 4 is 13.2 Å². The van der Waals surface area contributed by atoms with Gasteiger partial charge < -0.3 is 15.0 Å². The molecule has 1 atom stereocenters. The van der Waals surface area contributed by atoms with Gasteiger partial charge in [-0.15, -0.1) is 0 Å². The summed E-state index contributed by atoms with van der Waals surface area (Å²) in [4.78, 5) is 4.25. The quantitative estimate of drug-likeness (QED) is 0.865. The Hall–Kier alpha value is -1.17. The summed E-state index contributed by atoms with van der Waals surface area (Å²) in [5.41, 5.74) is 7.38. The Balaban J connectivity index is 2.05. The second-order valence-electron chi connectivity index (χ2n) is 6.79. The summed E-state index contributed by atoms with van der Waals surface area (Å²) >= 11 is 0. The Morgan fingerprint density at radius 3 is 2.43 bits per heavy atom. The van der Waals surface area contributed by atoms with Crippen LogP contribution in [0.1, 0.15) is 45.7 Å². The lowest BCUT2D eigenvalue weighted by molar-refractivity contribution is 0.00578. The highest BCUT2D eigenvalue weighted by molar-refractivity contribution is 6.52. The third kappa shape index (κ3) is 3.93. The van der Waals surface area contributed by atoms with Gasteiger partial charge in [-0.05, 0) is 58.2 Å². The zero-order valence-corrected chi connectivity index (χ0v) is 13.6. The van der Waals surface area contributed by atoms with Gasteiger partial charge >= 0.3 is 7.12 Å². The second kappa shape index (κ2) is 5.91. The number of nitrogens with two attached hydrogens (primary N) is 1. The summed E-state index contributed by atoms with van der Waals surface area (Å²) in [6.45, 7) is 10.2. The number of nitrogens with zero attached hydrogens (tertiary/aromatic N) is 1. The number of aromatic nitrogens is 1. The molecule has 0 saturated carbocycles. The van der Waals surface area contributed by atoms with E-state index < -0.39 is 0 Å². The van der Waals surface area contributed by atoms with Gasteiger partial charge in [-0.25, -0.2) is 0 Å². The molecule has 1 aromatic heterocycles. The Bertz CT molecular complexity index is 511. The molecule has 0 radical (unpaired) electrons. The van der Waals surface area contributed by atoms with Gasteiger partial charge in [0.1, 0.15) is 0 Å². The van der Waals surface area contributed by atoms with E-state index in [0.717, 1.165) is 17.5 Å². The van der Waals surface area contributed by atoms with Crippen LogP contribution in [0.15, 0.2) is 24.4 Å². The zero-order valence-electron chi connectivity index (χ0n) is 13.6. The average molecular weight is 288 g/mol. The van der Waals surface area contributed by atoms with E-state index in [1.807, 2.05) is 59.1 Å². The first-order valence-corrected chi connectivity index (χ1v) is 7.43. The van der Waals surface area contributed by atoms with E-state index in [0.29, 0.717) is 0 Å². The monoisotopic (exact) mass is 288 g/mol. The summed E-state index contributed by atoms with van der Waals surface area (Å²) in [7, 11) is -0.327. The molecule has 0 aliphatic carbocycles. The fourth-order valence-electron chi connectivity index (χ4n) is 2.24. The van der Waals surface area contributed by atoms with Crippen LogP contribution in [0.25, 0.3) is 6.08 Å². The van der Waals surface area contributed by atoms with Gasteiger partial charge in [0.25, 0.3) is 0 Å². The third-order valence-corrected chi connectivity index (χ3v) is 4.09. The van der Waals surface area contributed by atoms with E-state index in [9.17, 15) is 0 Å². The van der Waals surface area contributed by atoms with Gasteiger partial charge in [-0.2, -0.15) is 0 Å². The summed E-state index contributed by atoms with van der Waals surface area (Å²) in [6.07, 6.45) is 6.49. The predicted molar refractivity (Wildman–Crippen MR) is 86.7 cm³/mol. The molecule has 0 amide bonds. The van der Waals surface area contributed by atoms with Crippen molar-refractivity contribution in [2.75, 3.05) is 0 Å². The normalized spacial score (nSPS) is 21.9. The van der Waals surface area contributed by atoms with Crippen LogP contribution in [-0.2, 0) is 15.7 Å². The predicted octanol–water partition coefficient (Wildman–Crippen LogP) is 2.62. The molecular weight excluding hydrogens is 263 g/mol. The topological polar surface area (TPSA) is 57.4 Å². The molecule has 114 valence electrons. The van der Waals surface area contributed by atoms with Gasteiger partial charge in [-0.3, -0.25) is 4.98 Å². The van der Waals surface area contributed by atoms with Crippen molar-refractivity contribution in [3.63, 3.8) is 0 Å². The number of pyridine rings is 1. The summed E-state index contributed by atoms with van der Waals surface area (Å²) in [5.74, 6) is 1.93. The van der Waals surface area contributed by atoms with Crippen LogP contribution >= 0.6 is 0 Å². The molecule has 1 unspecified atom stereocenters. The van der Waals surface area contributed by atoms with Gasteiger partial charge in [-0.1, -0.05) is 12.1 Å². The molecule has 5 heteroatoms. The van der Waals surface area contributed by atoms with E-state index in [2.05, 4.69) is 11.1 Å². The van der Waals surface area contributed by atoms with E-state index in [-0.39, 0.29) is 24.4 Å². The molecule has 0 spiro atoms. The first-order chi connectivity index (χ1) is 9.69. The van der Waals surface area contributed by atoms with E-state index >= 15 is 0 Å². The lowest BCUT2D eigenvalue weighted by Crippen LogP contribution is -2.41. The van der Waals surface area contributed by atoms with Gasteiger partial charge in [0, 0.05) is 18.4 Å². The number of hydrogen-bond acceptors (Lipinski definition) is 4. The number of hydrogen-bond donors (Lipinski definition) is 1.